The van der Waals surface area contributed by atoms with Crippen LogP contribution in [0.2, 0.25) is 0 Å². The van der Waals surface area contributed by atoms with Gasteiger partial charge in [-0.05, 0) is 19.3 Å². The van der Waals surface area contributed by atoms with Crippen LogP contribution in [0.5, 0.6) is 0 Å². The standard InChI is InChI=1S/C24H47NO/c1-2-3-4-5-6-7-8-9-10-11-12-13-14-15-19-22-24(26)25-23-20-17-16-18-21-23/h23H,2-22H2,1H3,(H,25,26). The number of rotatable bonds is 17. The first-order valence-electron chi connectivity index (χ1n) is 12.1. The molecule has 1 saturated carbocycles. The van der Waals surface area contributed by atoms with E-state index in [4.69, 9.17) is 0 Å². The number of nitrogens with one attached hydrogen (secondary N) is 1. The first-order valence-corrected chi connectivity index (χ1v) is 12.1. The molecule has 0 aromatic carbocycles. The maximum atomic E-state index is 11.9. The summed E-state index contributed by atoms with van der Waals surface area (Å²) in [7, 11) is 0. The van der Waals surface area contributed by atoms with Crippen LogP contribution in [0.25, 0.3) is 0 Å². The van der Waals surface area contributed by atoms with Crippen molar-refractivity contribution in [2.45, 2.75) is 148 Å². The van der Waals surface area contributed by atoms with Crippen molar-refractivity contribution in [2.75, 3.05) is 0 Å². The highest BCUT2D eigenvalue weighted by Crippen LogP contribution is 2.18. The van der Waals surface area contributed by atoms with Gasteiger partial charge in [0, 0.05) is 12.5 Å². The van der Waals surface area contributed by atoms with Gasteiger partial charge in [0.25, 0.3) is 0 Å². The summed E-state index contributed by atoms with van der Waals surface area (Å²) < 4.78 is 0. The van der Waals surface area contributed by atoms with Crippen LogP contribution in [0.15, 0.2) is 0 Å². The summed E-state index contributed by atoms with van der Waals surface area (Å²) >= 11 is 0. The maximum Gasteiger partial charge on any atom is 0.220 e. The van der Waals surface area contributed by atoms with Crippen molar-refractivity contribution >= 4 is 5.91 Å². The number of amides is 1. The molecule has 2 heteroatoms. The van der Waals surface area contributed by atoms with Crippen LogP contribution in [0.1, 0.15) is 142 Å². The minimum atomic E-state index is 0.298. The predicted octanol–water partition coefficient (Wildman–Crippen LogP) is 7.70. The number of hydrogen-bond acceptors (Lipinski definition) is 1. The summed E-state index contributed by atoms with van der Waals surface area (Å²) in [5.41, 5.74) is 0. The molecule has 0 aromatic rings. The van der Waals surface area contributed by atoms with Crippen molar-refractivity contribution in [2.24, 2.45) is 0 Å². The second kappa shape index (κ2) is 17.9. The fraction of sp³-hybridized carbons (Fsp3) is 0.958. The van der Waals surface area contributed by atoms with Gasteiger partial charge < -0.3 is 5.32 Å². The van der Waals surface area contributed by atoms with Gasteiger partial charge in [-0.15, -0.1) is 0 Å². The zero-order valence-electron chi connectivity index (χ0n) is 17.8. The van der Waals surface area contributed by atoms with E-state index < -0.39 is 0 Å². The Morgan fingerprint density at radius 2 is 1.08 bits per heavy atom. The van der Waals surface area contributed by atoms with Crippen LogP contribution < -0.4 is 5.32 Å². The Kier molecular flexibility index (Phi) is 16.2. The summed E-state index contributed by atoms with van der Waals surface area (Å²) in [4.78, 5) is 11.9. The van der Waals surface area contributed by atoms with Crippen LogP contribution >= 0.6 is 0 Å². The summed E-state index contributed by atoms with van der Waals surface area (Å²) in [6.45, 7) is 2.29. The number of carbonyl (C=O) groups excluding carboxylic acids is 1. The Bertz CT molecular complexity index is 309. The van der Waals surface area contributed by atoms with Crippen molar-refractivity contribution in [3.05, 3.63) is 0 Å². The van der Waals surface area contributed by atoms with Gasteiger partial charge in [-0.25, -0.2) is 0 Å². The molecule has 1 aliphatic rings. The largest absolute Gasteiger partial charge is 0.353 e. The highest BCUT2D eigenvalue weighted by molar-refractivity contribution is 5.76. The average molecular weight is 366 g/mol. The smallest absolute Gasteiger partial charge is 0.220 e. The molecule has 154 valence electrons. The lowest BCUT2D eigenvalue weighted by Crippen LogP contribution is -2.35. The third-order valence-corrected chi connectivity index (χ3v) is 5.98. The fourth-order valence-electron chi connectivity index (χ4n) is 4.20. The monoisotopic (exact) mass is 365 g/mol. The highest BCUT2D eigenvalue weighted by atomic mass is 16.1. The van der Waals surface area contributed by atoms with Crippen LogP contribution in [0, 0.1) is 0 Å². The summed E-state index contributed by atoms with van der Waals surface area (Å²) in [6, 6.07) is 0.479. The van der Waals surface area contributed by atoms with E-state index in [0.717, 1.165) is 12.8 Å². The van der Waals surface area contributed by atoms with E-state index in [2.05, 4.69) is 12.2 Å². The summed E-state index contributed by atoms with van der Waals surface area (Å²) in [5, 5.41) is 3.23. The number of hydrogen-bond donors (Lipinski definition) is 1. The Labute approximate surface area is 164 Å². The lowest BCUT2D eigenvalue weighted by Gasteiger charge is -2.22. The lowest BCUT2D eigenvalue weighted by atomic mass is 9.95. The molecule has 0 aromatic heterocycles. The fourth-order valence-corrected chi connectivity index (χ4v) is 4.20. The third kappa shape index (κ3) is 14.6. The SMILES string of the molecule is CCCCCCCCCCCCCCCCCC(=O)NC1CCCCC1. The zero-order chi connectivity index (χ0) is 18.7. The molecule has 1 fully saturated rings. The Morgan fingerprint density at radius 3 is 1.54 bits per heavy atom. The first kappa shape index (κ1) is 23.5. The van der Waals surface area contributed by atoms with Crippen molar-refractivity contribution in [1.29, 1.82) is 0 Å². The molecule has 0 unspecified atom stereocenters. The maximum absolute atomic E-state index is 11.9. The zero-order valence-corrected chi connectivity index (χ0v) is 17.8. The molecular weight excluding hydrogens is 318 g/mol. The molecule has 1 amide bonds. The average Bonchev–Trinajstić information content (AvgIpc) is 2.65. The van der Waals surface area contributed by atoms with E-state index in [1.54, 1.807) is 0 Å². The van der Waals surface area contributed by atoms with Crippen molar-refractivity contribution in [3.8, 4) is 0 Å². The van der Waals surface area contributed by atoms with Crippen LogP contribution in [0.4, 0.5) is 0 Å². The molecule has 0 atom stereocenters. The van der Waals surface area contributed by atoms with Gasteiger partial charge in [-0.1, -0.05) is 116 Å². The third-order valence-electron chi connectivity index (χ3n) is 5.98. The molecule has 0 saturated heterocycles. The quantitative estimate of drug-likeness (QED) is 0.263. The van der Waals surface area contributed by atoms with Crippen LogP contribution in [-0.2, 0) is 4.79 Å². The topological polar surface area (TPSA) is 29.1 Å². The predicted molar refractivity (Wildman–Crippen MR) is 115 cm³/mol. The molecule has 0 heterocycles. The lowest BCUT2D eigenvalue weighted by molar-refractivity contribution is -0.122. The van der Waals surface area contributed by atoms with Crippen molar-refractivity contribution in [3.63, 3.8) is 0 Å². The van der Waals surface area contributed by atoms with Gasteiger partial charge in [0.05, 0.1) is 0 Å². The Balaban J connectivity index is 1.73. The van der Waals surface area contributed by atoms with Gasteiger partial charge in [0.15, 0.2) is 0 Å². The van der Waals surface area contributed by atoms with Crippen molar-refractivity contribution in [1.82, 2.24) is 5.32 Å². The van der Waals surface area contributed by atoms with Gasteiger partial charge in [-0.3, -0.25) is 4.79 Å². The van der Waals surface area contributed by atoms with Crippen LogP contribution in [0.3, 0.4) is 0 Å². The van der Waals surface area contributed by atoms with E-state index in [9.17, 15) is 4.79 Å². The number of unbranched alkanes of at least 4 members (excludes halogenated alkanes) is 14. The van der Waals surface area contributed by atoms with E-state index in [0.29, 0.717) is 11.9 Å². The molecule has 0 radical (unpaired) electrons. The van der Waals surface area contributed by atoms with Crippen LogP contribution in [-0.4, -0.2) is 11.9 Å². The van der Waals surface area contributed by atoms with E-state index >= 15 is 0 Å². The van der Waals surface area contributed by atoms with E-state index in [1.165, 1.54) is 122 Å². The molecule has 26 heavy (non-hydrogen) atoms. The Hall–Kier alpha value is -0.530. The minimum Gasteiger partial charge on any atom is -0.353 e. The van der Waals surface area contributed by atoms with Gasteiger partial charge >= 0.3 is 0 Å². The second-order valence-corrected chi connectivity index (χ2v) is 8.60. The highest BCUT2D eigenvalue weighted by Gasteiger charge is 2.14. The summed E-state index contributed by atoms with van der Waals surface area (Å²) in [5.74, 6) is 0.298. The number of carbonyl (C=O) groups is 1. The second-order valence-electron chi connectivity index (χ2n) is 8.60. The molecular formula is C24H47NO. The Morgan fingerprint density at radius 1 is 0.654 bits per heavy atom. The first-order chi connectivity index (χ1) is 12.8. The van der Waals surface area contributed by atoms with E-state index in [1.807, 2.05) is 0 Å². The van der Waals surface area contributed by atoms with Gasteiger partial charge in [0.1, 0.15) is 0 Å². The van der Waals surface area contributed by atoms with E-state index in [-0.39, 0.29) is 0 Å². The van der Waals surface area contributed by atoms with Crippen molar-refractivity contribution < 1.29 is 4.79 Å². The molecule has 1 aliphatic carbocycles. The molecule has 1 rings (SSSR count). The molecule has 0 bridgehead atoms. The molecule has 0 aliphatic heterocycles. The molecule has 1 N–H and O–H groups in total. The van der Waals surface area contributed by atoms with Gasteiger partial charge in [0.2, 0.25) is 5.91 Å². The molecule has 2 nitrogen and oxygen atoms in total. The summed E-state index contributed by atoms with van der Waals surface area (Å²) in [6.07, 6.45) is 27.8. The van der Waals surface area contributed by atoms with Gasteiger partial charge in [-0.2, -0.15) is 0 Å². The molecule has 0 spiro atoms. The minimum absolute atomic E-state index is 0.298. The normalized spacial score (nSPS) is 15.3.